The first-order valence-electron chi connectivity index (χ1n) is 7.28. The smallest absolute Gasteiger partial charge is 0.347 e. The van der Waals surface area contributed by atoms with Gasteiger partial charge in [-0.15, -0.1) is 10.2 Å². The number of pyridine rings is 2. The summed E-state index contributed by atoms with van der Waals surface area (Å²) in [6, 6.07) is 5.78. The highest BCUT2D eigenvalue weighted by Gasteiger charge is 2.32. The van der Waals surface area contributed by atoms with Gasteiger partial charge in [-0.25, -0.2) is 0 Å². The zero-order chi connectivity index (χ0) is 18.9. The zero-order valence-electron chi connectivity index (χ0n) is 13.0. The number of hydrogen-bond acceptors (Lipinski definition) is 4. The van der Waals surface area contributed by atoms with Crippen LogP contribution in [0.1, 0.15) is 11.4 Å². The highest BCUT2D eigenvalue weighted by atomic mass is 35.5. The fourth-order valence-corrected chi connectivity index (χ4v) is 2.50. The normalized spacial score (nSPS) is 11.7. The molecule has 3 heterocycles. The van der Waals surface area contributed by atoms with E-state index in [1.54, 1.807) is 28.8 Å². The Labute approximate surface area is 149 Å². The lowest BCUT2D eigenvalue weighted by atomic mass is 10.2. The van der Waals surface area contributed by atoms with E-state index in [0.717, 1.165) is 0 Å². The molecule has 0 atom stereocenters. The van der Waals surface area contributed by atoms with Gasteiger partial charge < -0.3 is 9.88 Å². The van der Waals surface area contributed by atoms with E-state index in [4.69, 9.17) is 11.6 Å². The molecule has 26 heavy (non-hydrogen) atoms. The van der Waals surface area contributed by atoms with Crippen LogP contribution in [0.5, 0.6) is 0 Å². The lowest BCUT2D eigenvalue weighted by Gasteiger charge is -2.11. The molecule has 0 fully saturated rings. The number of aromatic nitrogens is 4. The standard InChI is InChI=1S/C15H11ClF3N5O2/c16-10-5-9(15(17,18)19)7-23(14(10)26)8-13(25)20-6-12-22-21-11-3-1-2-4-24(11)12/h1-5,7H,6,8H2,(H,20,25). The van der Waals surface area contributed by atoms with Crippen molar-refractivity contribution in [1.29, 1.82) is 0 Å². The molecule has 11 heteroatoms. The van der Waals surface area contributed by atoms with E-state index in [1.165, 1.54) is 0 Å². The summed E-state index contributed by atoms with van der Waals surface area (Å²) in [5, 5.41) is 9.69. The Bertz CT molecular complexity index is 1030. The minimum absolute atomic E-state index is 0.00847. The summed E-state index contributed by atoms with van der Waals surface area (Å²) < 4.78 is 40.7. The van der Waals surface area contributed by atoms with Gasteiger partial charge in [-0.3, -0.25) is 14.0 Å². The first kappa shape index (κ1) is 17.9. The highest BCUT2D eigenvalue weighted by Crippen LogP contribution is 2.29. The van der Waals surface area contributed by atoms with E-state index in [9.17, 15) is 22.8 Å². The number of hydrogen-bond donors (Lipinski definition) is 1. The first-order valence-corrected chi connectivity index (χ1v) is 7.66. The molecule has 1 amide bonds. The van der Waals surface area contributed by atoms with Crippen LogP contribution in [0.25, 0.3) is 5.65 Å². The topological polar surface area (TPSA) is 81.3 Å². The van der Waals surface area contributed by atoms with Crippen molar-refractivity contribution in [2.24, 2.45) is 0 Å². The largest absolute Gasteiger partial charge is 0.417 e. The third kappa shape index (κ3) is 3.69. The Morgan fingerprint density at radius 1 is 1.27 bits per heavy atom. The first-order chi connectivity index (χ1) is 12.3. The van der Waals surface area contributed by atoms with E-state index in [1.807, 2.05) is 0 Å². The number of carbonyl (C=O) groups is 1. The molecule has 0 aliphatic heterocycles. The quantitative estimate of drug-likeness (QED) is 0.743. The van der Waals surface area contributed by atoms with Crippen LogP contribution < -0.4 is 10.9 Å². The van der Waals surface area contributed by atoms with Crippen LogP contribution in [0.2, 0.25) is 5.02 Å². The van der Waals surface area contributed by atoms with Crippen molar-refractivity contribution in [2.45, 2.75) is 19.3 Å². The second-order valence-electron chi connectivity index (χ2n) is 5.33. The molecule has 0 aromatic carbocycles. The summed E-state index contributed by atoms with van der Waals surface area (Å²) in [6.07, 6.45) is -2.43. The molecule has 0 saturated heterocycles. The predicted octanol–water partition coefficient (Wildman–Crippen LogP) is 1.88. The molecule has 0 unspecified atom stereocenters. The summed E-state index contributed by atoms with van der Waals surface area (Å²) >= 11 is 5.55. The van der Waals surface area contributed by atoms with Crippen molar-refractivity contribution in [3.05, 3.63) is 63.4 Å². The average molecular weight is 386 g/mol. The second kappa shape index (κ2) is 6.79. The maximum absolute atomic E-state index is 12.8. The van der Waals surface area contributed by atoms with Crippen molar-refractivity contribution in [3.63, 3.8) is 0 Å². The van der Waals surface area contributed by atoms with Crippen LogP contribution in [0.4, 0.5) is 13.2 Å². The molecular weight excluding hydrogens is 375 g/mol. The van der Waals surface area contributed by atoms with E-state index in [-0.39, 0.29) is 6.54 Å². The zero-order valence-corrected chi connectivity index (χ0v) is 13.8. The number of halogens is 4. The number of amides is 1. The van der Waals surface area contributed by atoms with Crippen LogP contribution in [0, 0.1) is 0 Å². The monoisotopic (exact) mass is 385 g/mol. The molecule has 1 N–H and O–H groups in total. The fraction of sp³-hybridized carbons (Fsp3) is 0.200. The number of alkyl halides is 3. The molecular formula is C15H11ClF3N5O2. The number of rotatable bonds is 4. The molecule has 0 aliphatic rings. The average Bonchev–Trinajstić information content (AvgIpc) is 2.99. The van der Waals surface area contributed by atoms with Crippen molar-refractivity contribution in [1.82, 2.24) is 24.5 Å². The summed E-state index contributed by atoms with van der Waals surface area (Å²) in [5.41, 5.74) is -1.42. The third-order valence-electron chi connectivity index (χ3n) is 3.51. The van der Waals surface area contributed by atoms with Gasteiger partial charge in [0.05, 0.1) is 12.1 Å². The lowest BCUT2D eigenvalue weighted by molar-refractivity contribution is -0.138. The maximum atomic E-state index is 12.8. The molecule has 0 saturated carbocycles. The van der Waals surface area contributed by atoms with Crippen LogP contribution >= 0.6 is 11.6 Å². The van der Waals surface area contributed by atoms with Gasteiger partial charge in [0.25, 0.3) is 5.56 Å². The molecule has 3 aromatic heterocycles. The highest BCUT2D eigenvalue weighted by molar-refractivity contribution is 6.30. The Kier molecular flexibility index (Phi) is 4.68. The molecule has 3 aromatic rings. The summed E-state index contributed by atoms with van der Waals surface area (Å²) in [5.74, 6) is -0.237. The Balaban J connectivity index is 1.74. The second-order valence-corrected chi connectivity index (χ2v) is 5.74. The molecule has 0 radical (unpaired) electrons. The number of nitrogens with one attached hydrogen (secondary N) is 1. The minimum atomic E-state index is -4.68. The van der Waals surface area contributed by atoms with E-state index in [0.29, 0.717) is 28.3 Å². The number of fused-ring (bicyclic) bond motifs is 1. The SMILES string of the molecule is O=C(Cn1cc(C(F)(F)F)cc(Cl)c1=O)NCc1nnc2ccccn12. The number of nitrogens with zero attached hydrogens (tertiary/aromatic N) is 4. The third-order valence-corrected chi connectivity index (χ3v) is 3.78. The van der Waals surface area contributed by atoms with E-state index < -0.39 is 34.8 Å². The Morgan fingerprint density at radius 3 is 2.77 bits per heavy atom. The van der Waals surface area contributed by atoms with E-state index >= 15 is 0 Å². The van der Waals surface area contributed by atoms with E-state index in [2.05, 4.69) is 15.5 Å². The van der Waals surface area contributed by atoms with Gasteiger partial charge in [0.2, 0.25) is 5.91 Å². The molecule has 3 rings (SSSR count). The molecule has 0 bridgehead atoms. The lowest BCUT2D eigenvalue weighted by Crippen LogP contribution is -2.33. The number of carbonyl (C=O) groups excluding carboxylic acids is 1. The Hall–Kier alpha value is -2.88. The van der Waals surface area contributed by atoms with Crippen LogP contribution in [0.3, 0.4) is 0 Å². The maximum Gasteiger partial charge on any atom is 0.417 e. The van der Waals surface area contributed by atoms with Gasteiger partial charge in [0, 0.05) is 12.4 Å². The van der Waals surface area contributed by atoms with Gasteiger partial charge >= 0.3 is 6.18 Å². The summed E-state index contributed by atoms with van der Waals surface area (Å²) in [4.78, 5) is 23.9. The molecule has 136 valence electrons. The molecule has 0 aliphatic carbocycles. The van der Waals surface area contributed by atoms with Crippen molar-refractivity contribution in [2.75, 3.05) is 0 Å². The van der Waals surface area contributed by atoms with Crippen molar-refractivity contribution in [3.8, 4) is 0 Å². The van der Waals surface area contributed by atoms with Crippen LogP contribution in [0.15, 0.2) is 41.5 Å². The van der Waals surface area contributed by atoms with Gasteiger partial charge in [-0.05, 0) is 18.2 Å². The van der Waals surface area contributed by atoms with Gasteiger partial charge in [-0.2, -0.15) is 13.2 Å². The minimum Gasteiger partial charge on any atom is -0.347 e. The van der Waals surface area contributed by atoms with Crippen molar-refractivity contribution >= 4 is 23.2 Å². The molecule has 7 nitrogen and oxygen atoms in total. The van der Waals surface area contributed by atoms with Crippen molar-refractivity contribution < 1.29 is 18.0 Å². The predicted molar refractivity (Wildman–Crippen MR) is 85.5 cm³/mol. The fourth-order valence-electron chi connectivity index (χ4n) is 2.27. The summed E-state index contributed by atoms with van der Waals surface area (Å²) in [7, 11) is 0. The van der Waals surface area contributed by atoms with Gasteiger partial charge in [0.1, 0.15) is 11.6 Å². The van der Waals surface area contributed by atoms with Crippen LogP contribution in [-0.2, 0) is 24.1 Å². The van der Waals surface area contributed by atoms with Gasteiger partial charge in [-0.1, -0.05) is 17.7 Å². The van der Waals surface area contributed by atoms with Crippen LogP contribution in [-0.4, -0.2) is 25.1 Å². The molecule has 0 spiro atoms. The summed E-state index contributed by atoms with van der Waals surface area (Å²) in [6.45, 7) is -0.620. The van der Waals surface area contributed by atoms with Gasteiger partial charge in [0.15, 0.2) is 11.5 Å². The Morgan fingerprint density at radius 2 is 2.04 bits per heavy atom.